The third-order valence-corrected chi connectivity index (χ3v) is 3.92. The third-order valence-electron chi connectivity index (χ3n) is 3.92. The van der Waals surface area contributed by atoms with Crippen LogP contribution in [0.25, 0.3) is 11.3 Å². The lowest BCUT2D eigenvalue weighted by molar-refractivity contribution is 0.632. The Balaban J connectivity index is 1.99. The van der Waals surface area contributed by atoms with Crippen LogP contribution < -0.4 is 10.6 Å². The van der Waals surface area contributed by atoms with Crippen molar-refractivity contribution in [2.24, 2.45) is 0 Å². The van der Waals surface area contributed by atoms with E-state index in [-0.39, 0.29) is 11.9 Å². The largest absolute Gasteiger partial charge is 0.352 e. The van der Waals surface area contributed by atoms with Gasteiger partial charge in [0.1, 0.15) is 11.6 Å². The minimum absolute atomic E-state index is 0.243. The summed E-state index contributed by atoms with van der Waals surface area (Å²) in [6.07, 6.45) is 0.953. The highest BCUT2D eigenvalue weighted by Gasteiger charge is 2.10. The molecule has 0 saturated heterocycles. The van der Waals surface area contributed by atoms with E-state index in [2.05, 4.69) is 34.4 Å². The zero-order chi connectivity index (χ0) is 17.6. The number of nitrogens with zero attached hydrogens (tertiary/aromatic N) is 2. The second kappa shape index (κ2) is 7.75. The van der Waals surface area contributed by atoms with Gasteiger partial charge in [-0.25, -0.2) is 9.37 Å². The maximum absolute atomic E-state index is 13.9. The Kier molecular flexibility index (Phi) is 5.23. The topological polar surface area (TPSA) is 49.8 Å². The van der Waals surface area contributed by atoms with Crippen LogP contribution in [0.2, 0.25) is 0 Å². The van der Waals surface area contributed by atoms with E-state index in [9.17, 15) is 4.39 Å². The van der Waals surface area contributed by atoms with Gasteiger partial charge in [-0.15, -0.1) is 0 Å². The maximum atomic E-state index is 13.9. The van der Waals surface area contributed by atoms with Crippen molar-refractivity contribution in [1.29, 1.82) is 0 Å². The predicted octanol–water partition coefficient (Wildman–Crippen LogP) is 5.24. The molecule has 3 aromatic rings. The molecular weight excluding hydrogens is 315 g/mol. The van der Waals surface area contributed by atoms with Crippen molar-refractivity contribution in [3.63, 3.8) is 0 Å². The van der Waals surface area contributed by atoms with Crippen molar-refractivity contribution >= 4 is 17.5 Å². The Morgan fingerprint density at radius 3 is 2.44 bits per heavy atom. The van der Waals surface area contributed by atoms with E-state index in [0.29, 0.717) is 17.5 Å². The van der Waals surface area contributed by atoms with E-state index in [1.807, 2.05) is 36.4 Å². The van der Waals surface area contributed by atoms with Gasteiger partial charge in [-0.05, 0) is 25.5 Å². The Morgan fingerprint density at radius 2 is 1.72 bits per heavy atom. The molecule has 0 saturated carbocycles. The molecule has 0 aliphatic heterocycles. The first-order valence-corrected chi connectivity index (χ1v) is 8.38. The van der Waals surface area contributed by atoms with E-state index in [1.54, 1.807) is 18.2 Å². The number of para-hydroxylation sites is 1. The van der Waals surface area contributed by atoms with Crippen molar-refractivity contribution in [3.05, 3.63) is 66.5 Å². The number of hydrogen-bond acceptors (Lipinski definition) is 4. The first-order valence-electron chi connectivity index (χ1n) is 8.38. The molecule has 0 aliphatic rings. The van der Waals surface area contributed by atoms with Crippen LogP contribution in [0, 0.1) is 5.82 Å². The van der Waals surface area contributed by atoms with E-state index >= 15 is 0 Å². The van der Waals surface area contributed by atoms with Crippen molar-refractivity contribution in [3.8, 4) is 11.3 Å². The van der Waals surface area contributed by atoms with E-state index in [0.717, 1.165) is 17.7 Å². The second-order valence-electron chi connectivity index (χ2n) is 5.89. The van der Waals surface area contributed by atoms with E-state index in [4.69, 9.17) is 0 Å². The molecule has 5 heteroatoms. The molecule has 1 atom stereocenters. The highest BCUT2D eigenvalue weighted by Crippen LogP contribution is 2.25. The Bertz CT molecular complexity index is 836. The van der Waals surface area contributed by atoms with Crippen molar-refractivity contribution in [1.82, 2.24) is 9.97 Å². The molecule has 2 aromatic carbocycles. The molecule has 0 fully saturated rings. The molecule has 4 nitrogen and oxygen atoms in total. The molecule has 1 aromatic heterocycles. The second-order valence-corrected chi connectivity index (χ2v) is 5.89. The van der Waals surface area contributed by atoms with Gasteiger partial charge in [0.2, 0.25) is 5.95 Å². The van der Waals surface area contributed by atoms with Gasteiger partial charge in [-0.1, -0.05) is 49.4 Å². The fourth-order valence-electron chi connectivity index (χ4n) is 2.36. The average Bonchev–Trinajstić information content (AvgIpc) is 2.64. The first-order chi connectivity index (χ1) is 12.2. The number of aromatic nitrogens is 2. The highest BCUT2D eigenvalue weighted by atomic mass is 19.1. The number of anilines is 3. The van der Waals surface area contributed by atoms with Crippen LogP contribution in [0.15, 0.2) is 60.7 Å². The lowest BCUT2D eigenvalue weighted by Crippen LogP contribution is -2.16. The number of rotatable bonds is 6. The van der Waals surface area contributed by atoms with Gasteiger partial charge >= 0.3 is 0 Å². The molecule has 0 spiro atoms. The summed E-state index contributed by atoms with van der Waals surface area (Å²) >= 11 is 0. The smallest absolute Gasteiger partial charge is 0.225 e. The lowest BCUT2D eigenvalue weighted by Gasteiger charge is -2.15. The zero-order valence-electron chi connectivity index (χ0n) is 14.3. The molecule has 1 heterocycles. The third kappa shape index (κ3) is 4.32. The maximum Gasteiger partial charge on any atom is 0.225 e. The summed E-state index contributed by atoms with van der Waals surface area (Å²) in [5.41, 5.74) is 2.14. The number of hydrogen-bond donors (Lipinski definition) is 2. The first kappa shape index (κ1) is 16.9. The molecule has 25 heavy (non-hydrogen) atoms. The average molecular weight is 336 g/mol. The number of nitrogens with one attached hydrogen (secondary N) is 2. The monoisotopic (exact) mass is 336 g/mol. The van der Waals surface area contributed by atoms with Crippen LogP contribution in [0.5, 0.6) is 0 Å². The molecule has 2 N–H and O–H groups in total. The van der Waals surface area contributed by atoms with Gasteiger partial charge in [-0.2, -0.15) is 4.98 Å². The van der Waals surface area contributed by atoms with Gasteiger partial charge in [0.05, 0.1) is 11.4 Å². The predicted molar refractivity (Wildman–Crippen MR) is 101 cm³/mol. The van der Waals surface area contributed by atoms with Gasteiger partial charge in [0.25, 0.3) is 0 Å². The zero-order valence-corrected chi connectivity index (χ0v) is 14.3. The summed E-state index contributed by atoms with van der Waals surface area (Å²) < 4.78 is 13.9. The van der Waals surface area contributed by atoms with Crippen LogP contribution in [0.1, 0.15) is 20.3 Å². The van der Waals surface area contributed by atoms with Crippen molar-refractivity contribution < 1.29 is 4.39 Å². The Morgan fingerprint density at radius 1 is 1.00 bits per heavy atom. The summed E-state index contributed by atoms with van der Waals surface area (Å²) in [6, 6.07) is 18.5. The van der Waals surface area contributed by atoms with Crippen molar-refractivity contribution in [2.45, 2.75) is 26.3 Å². The van der Waals surface area contributed by atoms with Gasteiger partial charge in [0, 0.05) is 17.7 Å². The van der Waals surface area contributed by atoms with Crippen LogP contribution in [-0.2, 0) is 0 Å². The fourth-order valence-corrected chi connectivity index (χ4v) is 2.36. The highest BCUT2D eigenvalue weighted by molar-refractivity contribution is 5.67. The molecule has 0 bridgehead atoms. The molecule has 0 aliphatic carbocycles. The SMILES string of the molecule is CC[C@@H](C)Nc1nc(Nc2ccccc2F)cc(-c2ccccc2)n1. The normalized spacial score (nSPS) is 11.8. The summed E-state index contributed by atoms with van der Waals surface area (Å²) in [4.78, 5) is 9.08. The van der Waals surface area contributed by atoms with E-state index in [1.165, 1.54) is 6.07 Å². The number of halogens is 1. The van der Waals surface area contributed by atoms with Gasteiger partial charge in [-0.3, -0.25) is 0 Å². The minimum Gasteiger partial charge on any atom is -0.352 e. The molecule has 0 amide bonds. The standard InChI is InChI=1S/C20H21FN4/c1-3-14(2)22-20-24-18(15-9-5-4-6-10-15)13-19(25-20)23-17-12-8-7-11-16(17)21/h4-14H,3H2,1-2H3,(H2,22,23,24,25)/t14-/m1/s1. The summed E-state index contributed by atoms with van der Waals surface area (Å²) in [5, 5.41) is 6.33. The van der Waals surface area contributed by atoms with Gasteiger partial charge in [0.15, 0.2) is 0 Å². The van der Waals surface area contributed by atoms with Crippen molar-refractivity contribution in [2.75, 3.05) is 10.6 Å². The van der Waals surface area contributed by atoms with Crippen LogP contribution in [0.4, 0.5) is 21.8 Å². The number of benzene rings is 2. The van der Waals surface area contributed by atoms with Crippen LogP contribution in [-0.4, -0.2) is 16.0 Å². The summed E-state index contributed by atoms with van der Waals surface area (Å²) in [6.45, 7) is 4.17. The minimum atomic E-state index is -0.321. The Hall–Kier alpha value is -2.95. The quantitative estimate of drug-likeness (QED) is 0.646. The van der Waals surface area contributed by atoms with Crippen LogP contribution >= 0.6 is 0 Å². The summed E-state index contributed by atoms with van der Waals surface area (Å²) in [5.74, 6) is 0.748. The molecule has 0 radical (unpaired) electrons. The molecular formula is C20H21FN4. The van der Waals surface area contributed by atoms with E-state index < -0.39 is 0 Å². The van der Waals surface area contributed by atoms with Crippen LogP contribution in [0.3, 0.4) is 0 Å². The lowest BCUT2D eigenvalue weighted by atomic mass is 10.1. The fraction of sp³-hybridized carbons (Fsp3) is 0.200. The Labute approximate surface area is 147 Å². The molecule has 3 rings (SSSR count). The molecule has 0 unspecified atom stereocenters. The molecule has 128 valence electrons. The van der Waals surface area contributed by atoms with Gasteiger partial charge < -0.3 is 10.6 Å². The summed E-state index contributed by atoms with van der Waals surface area (Å²) in [7, 11) is 0.